The number of amides is 1. The van der Waals surface area contributed by atoms with E-state index in [2.05, 4.69) is 12.2 Å². The first kappa shape index (κ1) is 13.6. The molecule has 0 radical (unpaired) electrons. The molecule has 1 aromatic rings. The minimum Gasteiger partial charge on any atom is -0.481 e. The van der Waals surface area contributed by atoms with Crippen LogP contribution in [0.15, 0.2) is 24.3 Å². The van der Waals surface area contributed by atoms with Crippen LogP contribution in [0.4, 0.5) is 0 Å². The van der Waals surface area contributed by atoms with Gasteiger partial charge in [-0.3, -0.25) is 4.79 Å². The molecule has 0 heterocycles. The largest absolute Gasteiger partial charge is 0.481 e. The van der Waals surface area contributed by atoms with Gasteiger partial charge in [-0.05, 0) is 38.0 Å². The van der Waals surface area contributed by atoms with Gasteiger partial charge in [-0.1, -0.05) is 25.5 Å². The number of hydrogen-bond acceptors (Lipinski definition) is 2. The van der Waals surface area contributed by atoms with Crippen molar-refractivity contribution in [3.05, 3.63) is 29.8 Å². The number of ether oxygens (including phenoxy) is 1. The number of unbranched alkanes of at least 4 members (excludes halogenated alkanes) is 1. The second-order valence-electron chi connectivity index (χ2n) is 4.22. The number of hydrogen-bond donors (Lipinski definition) is 1. The van der Waals surface area contributed by atoms with Gasteiger partial charge < -0.3 is 10.1 Å². The van der Waals surface area contributed by atoms with Gasteiger partial charge in [0.05, 0.1) is 0 Å². The highest BCUT2D eigenvalue weighted by atomic mass is 16.5. The van der Waals surface area contributed by atoms with Crippen molar-refractivity contribution < 1.29 is 9.53 Å². The smallest absolute Gasteiger partial charge is 0.260 e. The van der Waals surface area contributed by atoms with Crippen molar-refractivity contribution in [1.29, 1.82) is 0 Å². The van der Waals surface area contributed by atoms with Crippen LogP contribution in [0.2, 0.25) is 0 Å². The first-order chi connectivity index (χ1) is 8.13. The van der Waals surface area contributed by atoms with Gasteiger partial charge in [0.2, 0.25) is 0 Å². The van der Waals surface area contributed by atoms with Crippen LogP contribution >= 0.6 is 0 Å². The van der Waals surface area contributed by atoms with E-state index in [0.29, 0.717) is 0 Å². The quantitative estimate of drug-likeness (QED) is 0.770. The standard InChI is InChI=1S/C14H21NO2/c1-4-5-9-15-14(16)12(3)17-13-8-6-7-11(2)10-13/h6-8,10,12H,4-5,9H2,1-3H3,(H,15,16)/t12-/m1/s1. The Kier molecular flexibility index (Phi) is 5.53. The third-order valence-corrected chi connectivity index (χ3v) is 2.50. The summed E-state index contributed by atoms with van der Waals surface area (Å²) in [6.45, 7) is 6.58. The van der Waals surface area contributed by atoms with Crippen LogP contribution in [-0.4, -0.2) is 18.6 Å². The Labute approximate surface area is 103 Å². The number of rotatable bonds is 6. The molecule has 3 heteroatoms. The zero-order valence-corrected chi connectivity index (χ0v) is 10.8. The summed E-state index contributed by atoms with van der Waals surface area (Å²) in [5, 5.41) is 2.85. The molecule has 1 aromatic carbocycles. The zero-order valence-electron chi connectivity index (χ0n) is 10.8. The number of aryl methyl sites for hydroxylation is 1. The van der Waals surface area contributed by atoms with Gasteiger partial charge in [0.25, 0.3) is 5.91 Å². The van der Waals surface area contributed by atoms with Crippen molar-refractivity contribution in [2.45, 2.75) is 39.7 Å². The summed E-state index contributed by atoms with van der Waals surface area (Å²) in [6.07, 6.45) is 1.63. The third kappa shape index (κ3) is 4.89. The number of benzene rings is 1. The first-order valence-corrected chi connectivity index (χ1v) is 6.14. The summed E-state index contributed by atoms with van der Waals surface area (Å²) < 4.78 is 5.58. The van der Waals surface area contributed by atoms with Gasteiger partial charge in [0.1, 0.15) is 5.75 Å². The molecule has 0 aliphatic rings. The zero-order chi connectivity index (χ0) is 12.7. The van der Waals surface area contributed by atoms with Crippen molar-refractivity contribution in [2.75, 3.05) is 6.54 Å². The molecule has 17 heavy (non-hydrogen) atoms. The lowest BCUT2D eigenvalue weighted by Gasteiger charge is -2.14. The normalized spacial score (nSPS) is 11.9. The monoisotopic (exact) mass is 235 g/mol. The lowest BCUT2D eigenvalue weighted by molar-refractivity contribution is -0.127. The maximum absolute atomic E-state index is 11.7. The van der Waals surface area contributed by atoms with Crippen LogP contribution in [0.5, 0.6) is 5.75 Å². The molecule has 0 aliphatic carbocycles. The number of carbonyl (C=O) groups excluding carboxylic acids is 1. The third-order valence-electron chi connectivity index (χ3n) is 2.50. The highest BCUT2D eigenvalue weighted by molar-refractivity contribution is 5.80. The Balaban J connectivity index is 2.43. The summed E-state index contributed by atoms with van der Waals surface area (Å²) >= 11 is 0. The van der Waals surface area contributed by atoms with Gasteiger partial charge in [0.15, 0.2) is 6.10 Å². The van der Waals surface area contributed by atoms with Gasteiger partial charge in [-0.15, -0.1) is 0 Å². The van der Waals surface area contributed by atoms with Crippen LogP contribution in [0, 0.1) is 6.92 Å². The van der Waals surface area contributed by atoms with Crippen LogP contribution in [0.3, 0.4) is 0 Å². The molecule has 1 amide bonds. The number of nitrogens with one attached hydrogen (secondary N) is 1. The lowest BCUT2D eigenvalue weighted by atomic mass is 10.2. The SMILES string of the molecule is CCCCNC(=O)[C@@H](C)Oc1cccc(C)c1. The predicted octanol–water partition coefficient (Wildman–Crippen LogP) is 2.68. The van der Waals surface area contributed by atoms with Crippen LogP contribution in [-0.2, 0) is 4.79 Å². The molecule has 0 aromatic heterocycles. The van der Waals surface area contributed by atoms with Crippen LogP contribution in [0.1, 0.15) is 32.3 Å². The van der Waals surface area contributed by atoms with Crippen molar-refractivity contribution in [3.8, 4) is 5.75 Å². The molecule has 0 aliphatic heterocycles. The molecule has 1 rings (SSSR count). The Morgan fingerprint density at radius 3 is 2.88 bits per heavy atom. The summed E-state index contributed by atoms with van der Waals surface area (Å²) in [4.78, 5) is 11.7. The van der Waals surface area contributed by atoms with E-state index in [4.69, 9.17) is 4.74 Å². The molecule has 0 saturated heterocycles. The summed E-state index contributed by atoms with van der Waals surface area (Å²) in [6, 6.07) is 7.71. The van der Waals surface area contributed by atoms with Crippen molar-refractivity contribution in [1.82, 2.24) is 5.32 Å². The van der Waals surface area contributed by atoms with E-state index >= 15 is 0 Å². The Bertz CT molecular complexity index is 363. The molecule has 3 nitrogen and oxygen atoms in total. The fourth-order valence-corrected chi connectivity index (χ4v) is 1.48. The molecule has 0 fully saturated rings. The molecule has 0 saturated carbocycles. The Morgan fingerprint density at radius 1 is 1.47 bits per heavy atom. The van der Waals surface area contributed by atoms with Crippen molar-refractivity contribution in [3.63, 3.8) is 0 Å². The molecular weight excluding hydrogens is 214 g/mol. The highest BCUT2D eigenvalue weighted by Gasteiger charge is 2.13. The van der Waals surface area contributed by atoms with E-state index in [1.165, 1.54) is 0 Å². The molecule has 1 atom stereocenters. The van der Waals surface area contributed by atoms with Gasteiger partial charge >= 0.3 is 0 Å². The highest BCUT2D eigenvalue weighted by Crippen LogP contribution is 2.14. The van der Waals surface area contributed by atoms with E-state index in [1.807, 2.05) is 31.2 Å². The van der Waals surface area contributed by atoms with E-state index in [0.717, 1.165) is 30.7 Å². The second kappa shape index (κ2) is 6.94. The molecular formula is C14H21NO2. The van der Waals surface area contributed by atoms with Crippen LogP contribution < -0.4 is 10.1 Å². The number of carbonyl (C=O) groups is 1. The van der Waals surface area contributed by atoms with E-state index < -0.39 is 6.10 Å². The topological polar surface area (TPSA) is 38.3 Å². The maximum atomic E-state index is 11.7. The fourth-order valence-electron chi connectivity index (χ4n) is 1.48. The van der Waals surface area contributed by atoms with E-state index in [1.54, 1.807) is 6.92 Å². The minimum absolute atomic E-state index is 0.0556. The lowest BCUT2D eigenvalue weighted by Crippen LogP contribution is -2.36. The van der Waals surface area contributed by atoms with Gasteiger partial charge in [0, 0.05) is 6.54 Å². The average molecular weight is 235 g/mol. The molecule has 94 valence electrons. The molecule has 1 N–H and O–H groups in total. The Hall–Kier alpha value is -1.51. The predicted molar refractivity (Wildman–Crippen MR) is 69.2 cm³/mol. The first-order valence-electron chi connectivity index (χ1n) is 6.14. The van der Waals surface area contributed by atoms with Gasteiger partial charge in [-0.2, -0.15) is 0 Å². The molecule has 0 spiro atoms. The summed E-state index contributed by atoms with van der Waals surface area (Å²) in [7, 11) is 0. The van der Waals surface area contributed by atoms with E-state index in [9.17, 15) is 4.79 Å². The van der Waals surface area contributed by atoms with E-state index in [-0.39, 0.29) is 5.91 Å². The van der Waals surface area contributed by atoms with Crippen LogP contribution in [0.25, 0.3) is 0 Å². The second-order valence-corrected chi connectivity index (χ2v) is 4.22. The average Bonchev–Trinajstić information content (AvgIpc) is 2.29. The molecule has 0 bridgehead atoms. The maximum Gasteiger partial charge on any atom is 0.260 e. The van der Waals surface area contributed by atoms with Crippen molar-refractivity contribution >= 4 is 5.91 Å². The summed E-state index contributed by atoms with van der Waals surface area (Å²) in [5.41, 5.74) is 1.13. The molecule has 0 unspecified atom stereocenters. The Morgan fingerprint density at radius 2 is 2.24 bits per heavy atom. The summed E-state index contributed by atoms with van der Waals surface area (Å²) in [5.74, 6) is 0.683. The van der Waals surface area contributed by atoms with Crippen molar-refractivity contribution in [2.24, 2.45) is 0 Å². The fraction of sp³-hybridized carbons (Fsp3) is 0.500. The van der Waals surface area contributed by atoms with Gasteiger partial charge in [-0.25, -0.2) is 0 Å². The minimum atomic E-state index is -0.450.